The molecular formula is C22H23ClN2O2S. The van der Waals surface area contributed by atoms with Crippen LogP contribution in [0.5, 0.6) is 0 Å². The van der Waals surface area contributed by atoms with Crippen LogP contribution in [0.4, 0.5) is 0 Å². The normalized spacial score (nSPS) is 11.7. The number of halogens is 1. The van der Waals surface area contributed by atoms with Gasteiger partial charge >= 0.3 is 5.97 Å². The molecule has 0 unspecified atom stereocenters. The first-order valence-electron chi connectivity index (χ1n) is 9.31. The van der Waals surface area contributed by atoms with Crippen molar-refractivity contribution < 1.29 is 9.90 Å². The minimum Gasteiger partial charge on any atom is -0.478 e. The van der Waals surface area contributed by atoms with Crippen LogP contribution < -0.4 is 0 Å². The molecule has 1 aromatic carbocycles. The Bertz CT molecular complexity index is 961. The SMILES string of the molecule is CCCCc1ncc(/C(=C\C(=O)O)Cc2ccsc2)n1Cc1ccccc1Cl. The number of carboxylic acid groups (broad SMARTS) is 1. The molecule has 0 spiro atoms. The first-order chi connectivity index (χ1) is 13.6. The molecule has 6 heteroatoms. The third-order valence-electron chi connectivity index (χ3n) is 4.58. The van der Waals surface area contributed by atoms with E-state index in [-0.39, 0.29) is 0 Å². The third-order valence-corrected chi connectivity index (χ3v) is 5.68. The van der Waals surface area contributed by atoms with E-state index < -0.39 is 5.97 Å². The molecule has 0 aliphatic rings. The molecule has 0 radical (unpaired) electrons. The van der Waals surface area contributed by atoms with E-state index in [1.54, 1.807) is 17.5 Å². The number of aryl methyl sites for hydroxylation is 1. The van der Waals surface area contributed by atoms with Gasteiger partial charge in [-0.1, -0.05) is 43.1 Å². The van der Waals surface area contributed by atoms with Crippen molar-refractivity contribution in [1.82, 2.24) is 9.55 Å². The van der Waals surface area contributed by atoms with Crippen LogP contribution in [-0.4, -0.2) is 20.6 Å². The number of aliphatic carboxylic acids is 1. The van der Waals surface area contributed by atoms with Gasteiger partial charge in [-0.15, -0.1) is 0 Å². The minimum atomic E-state index is -0.953. The number of nitrogens with zero attached hydrogens (tertiary/aromatic N) is 2. The maximum Gasteiger partial charge on any atom is 0.328 e. The maximum absolute atomic E-state index is 11.5. The van der Waals surface area contributed by atoms with E-state index in [2.05, 4.69) is 16.5 Å². The second kappa shape index (κ2) is 9.71. The predicted octanol–water partition coefficient (Wildman–Crippen LogP) is 5.70. The van der Waals surface area contributed by atoms with Crippen molar-refractivity contribution in [2.45, 2.75) is 39.2 Å². The van der Waals surface area contributed by atoms with Crippen molar-refractivity contribution in [2.75, 3.05) is 0 Å². The van der Waals surface area contributed by atoms with Gasteiger partial charge in [0.25, 0.3) is 0 Å². The van der Waals surface area contributed by atoms with Gasteiger partial charge in [0.15, 0.2) is 0 Å². The number of rotatable bonds is 9. The Hall–Kier alpha value is -2.37. The van der Waals surface area contributed by atoms with Crippen molar-refractivity contribution in [1.29, 1.82) is 0 Å². The van der Waals surface area contributed by atoms with Crippen molar-refractivity contribution in [2.24, 2.45) is 0 Å². The van der Waals surface area contributed by atoms with Gasteiger partial charge in [0.05, 0.1) is 18.4 Å². The predicted molar refractivity (Wildman–Crippen MR) is 115 cm³/mol. The number of hydrogen-bond acceptors (Lipinski definition) is 3. The summed E-state index contributed by atoms with van der Waals surface area (Å²) < 4.78 is 2.11. The second-order valence-corrected chi connectivity index (χ2v) is 7.84. The van der Waals surface area contributed by atoms with Crippen LogP contribution in [0.1, 0.15) is 42.4 Å². The summed E-state index contributed by atoms with van der Waals surface area (Å²) in [6.45, 7) is 2.71. The summed E-state index contributed by atoms with van der Waals surface area (Å²) in [5, 5.41) is 14.2. The van der Waals surface area contributed by atoms with E-state index in [0.29, 0.717) is 18.0 Å². The molecule has 0 aliphatic carbocycles. The lowest BCUT2D eigenvalue weighted by Crippen LogP contribution is -2.10. The Morgan fingerprint density at radius 1 is 1.32 bits per heavy atom. The average molecular weight is 415 g/mol. The summed E-state index contributed by atoms with van der Waals surface area (Å²) in [7, 11) is 0. The lowest BCUT2D eigenvalue weighted by molar-refractivity contribution is -0.131. The van der Waals surface area contributed by atoms with E-state index >= 15 is 0 Å². The molecule has 2 aromatic heterocycles. The van der Waals surface area contributed by atoms with Crippen molar-refractivity contribution in [3.05, 3.63) is 81.0 Å². The van der Waals surface area contributed by atoms with Gasteiger partial charge < -0.3 is 9.67 Å². The highest BCUT2D eigenvalue weighted by Gasteiger charge is 2.16. The van der Waals surface area contributed by atoms with Crippen LogP contribution in [-0.2, 0) is 24.2 Å². The fourth-order valence-corrected chi connectivity index (χ4v) is 4.02. The van der Waals surface area contributed by atoms with Crippen LogP contribution >= 0.6 is 22.9 Å². The van der Waals surface area contributed by atoms with Gasteiger partial charge in [0, 0.05) is 23.9 Å². The monoisotopic (exact) mass is 414 g/mol. The molecule has 0 saturated heterocycles. The standard InChI is InChI=1S/C22H23ClN2O2S/c1-2-3-8-21-24-13-20(25(21)14-17-6-4-5-7-19(17)23)18(12-22(26)27)11-16-9-10-28-15-16/h4-7,9-10,12-13,15H,2-3,8,11,14H2,1H3,(H,26,27)/b18-12-. The Morgan fingerprint density at radius 3 is 2.82 bits per heavy atom. The molecule has 1 N–H and O–H groups in total. The number of carbonyl (C=O) groups is 1. The smallest absolute Gasteiger partial charge is 0.328 e. The quantitative estimate of drug-likeness (QED) is 0.457. The van der Waals surface area contributed by atoms with Gasteiger partial charge in [0.1, 0.15) is 5.82 Å². The largest absolute Gasteiger partial charge is 0.478 e. The molecule has 3 rings (SSSR count). The summed E-state index contributed by atoms with van der Waals surface area (Å²) in [5.74, 6) is 0.00390. The Labute approximate surface area is 174 Å². The number of imidazole rings is 1. The zero-order valence-electron chi connectivity index (χ0n) is 15.8. The highest BCUT2D eigenvalue weighted by Crippen LogP contribution is 2.26. The van der Waals surface area contributed by atoms with Gasteiger partial charge in [-0.2, -0.15) is 11.3 Å². The molecule has 0 fully saturated rings. The lowest BCUT2D eigenvalue weighted by Gasteiger charge is -2.15. The summed E-state index contributed by atoms with van der Waals surface area (Å²) >= 11 is 7.99. The van der Waals surface area contributed by atoms with Crippen LogP contribution in [0.3, 0.4) is 0 Å². The van der Waals surface area contributed by atoms with E-state index in [9.17, 15) is 9.90 Å². The summed E-state index contributed by atoms with van der Waals surface area (Å²) in [5.41, 5.74) is 3.66. The molecule has 0 aliphatic heterocycles. The fraction of sp³-hybridized carbons (Fsp3) is 0.273. The number of allylic oxidation sites excluding steroid dienone is 1. The molecule has 3 aromatic rings. The number of benzene rings is 1. The number of aromatic nitrogens is 2. The molecular weight excluding hydrogens is 392 g/mol. The van der Waals surface area contributed by atoms with Crippen LogP contribution in [0.25, 0.3) is 5.57 Å². The van der Waals surface area contributed by atoms with Crippen molar-refractivity contribution in [3.8, 4) is 0 Å². The highest BCUT2D eigenvalue weighted by atomic mass is 35.5. The van der Waals surface area contributed by atoms with E-state index in [4.69, 9.17) is 11.6 Å². The number of carboxylic acids is 1. The number of unbranched alkanes of at least 4 members (excludes halogenated alkanes) is 1. The number of thiophene rings is 1. The molecule has 0 atom stereocenters. The molecule has 0 bridgehead atoms. The van der Waals surface area contributed by atoms with Crippen LogP contribution in [0.2, 0.25) is 5.02 Å². The van der Waals surface area contributed by atoms with E-state index in [0.717, 1.165) is 47.5 Å². The Morgan fingerprint density at radius 2 is 2.14 bits per heavy atom. The van der Waals surface area contributed by atoms with Crippen molar-refractivity contribution in [3.63, 3.8) is 0 Å². The molecule has 2 heterocycles. The molecule has 146 valence electrons. The van der Waals surface area contributed by atoms with Gasteiger partial charge in [-0.25, -0.2) is 9.78 Å². The summed E-state index contributed by atoms with van der Waals surface area (Å²) in [6, 6.07) is 9.76. The van der Waals surface area contributed by atoms with Crippen LogP contribution in [0.15, 0.2) is 53.4 Å². The highest BCUT2D eigenvalue weighted by molar-refractivity contribution is 7.07. The van der Waals surface area contributed by atoms with Crippen molar-refractivity contribution >= 4 is 34.5 Å². The Balaban J connectivity index is 2.03. The molecule has 4 nitrogen and oxygen atoms in total. The average Bonchev–Trinajstić information content (AvgIpc) is 3.31. The number of hydrogen-bond donors (Lipinski definition) is 1. The Kier molecular flexibility index (Phi) is 7.06. The first-order valence-corrected chi connectivity index (χ1v) is 10.6. The zero-order valence-corrected chi connectivity index (χ0v) is 17.3. The fourth-order valence-electron chi connectivity index (χ4n) is 3.16. The second-order valence-electron chi connectivity index (χ2n) is 6.66. The third kappa shape index (κ3) is 5.12. The van der Waals surface area contributed by atoms with Crippen LogP contribution in [0, 0.1) is 0 Å². The summed E-state index contributed by atoms with van der Waals surface area (Å²) in [4.78, 5) is 16.1. The minimum absolute atomic E-state index is 0.553. The summed E-state index contributed by atoms with van der Waals surface area (Å²) in [6.07, 6.45) is 6.59. The maximum atomic E-state index is 11.5. The molecule has 0 amide bonds. The zero-order chi connectivity index (χ0) is 19.9. The van der Waals surface area contributed by atoms with Gasteiger partial charge in [-0.05, 0) is 46.0 Å². The van der Waals surface area contributed by atoms with Gasteiger partial charge in [-0.3, -0.25) is 0 Å². The first kappa shape index (κ1) is 20.4. The molecule has 28 heavy (non-hydrogen) atoms. The van der Waals surface area contributed by atoms with Gasteiger partial charge in [0.2, 0.25) is 0 Å². The lowest BCUT2D eigenvalue weighted by atomic mass is 10.0. The molecule has 0 saturated carbocycles. The van der Waals surface area contributed by atoms with E-state index in [1.165, 1.54) is 6.08 Å². The van der Waals surface area contributed by atoms with E-state index in [1.807, 2.05) is 41.1 Å². The topological polar surface area (TPSA) is 55.1 Å².